The zero-order chi connectivity index (χ0) is 20.7. The lowest BCUT2D eigenvalue weighted by molar-refractivity contribution is -0.141. The third-order valence-corrected chi connectivity index (χ3v) is 5.61. The van der Waals surface area contributed by atoms with Crippen molar-refractivity contribution in [2.24, 2.45) is 5.92 Å². The van der Waals surface area contributed by atoms with Gasteiger partial charge in [0, 0.05) is 50.2 Å². The molecule has 0 radical (unpaired) electrons. The van der Waals surface area contributed by atoms with Crippen molar-refractivity contribution in [3.05, 3.63) is 42.4 Å². The van der Waals surface area contributed by atoms with Crippen LogP contribution in [0.1, 0.15) is 18.5 Å². The molecule has 158 valence electrons. The second-order valence-corrected chi connectivity index (χ2v) is 7.90. The fourth-order valence-electron chi connectivity index (χ4n) is 3.83. The molecule has 0 unspecified atom stereocenters. The van der Waals surface area contributed by atoms with Crippen LogP contribution < -0.4 is 10.2 Å². The summed E-state index contributed by atoms with van der Waals surface area (Å²) in [5.74, 6) is 0.950. The van der Waals surface area contributed by atoms with Crippen LogP contribution in [0.5, 0.6) is 0 Å². The zero-order valence-corrected chi connectivity index (χ0v) is 16.3. The van der Waals surface area contributed by atoms with Crippen molar-refractivity contribution in [1.82, 2.24) is 24.5 Å². The van der Waals surface area contributed by atoms with E-state index < -0.39 is 11.9 Å². The Morgan fingerprint density at radius 3 is 2.60 bits per heavy atom. The van der Waals surface area contributed by atoms with Gasteiger partial charge in [-0.05, 0) is 37.0 Å². The first kappa shape index (κ1) is 19.1. The first-order valence-corrected chi connectivity index (χ1v) is 10.1. The van der Waals surface area contributed by atoms with E-state index in [0.717, 1.165) is 43.9 Å². The van der Waals surface area contributed by atoms with E-state index in [0.29, 0.717) is 5.69 Å². The average molecular weight is 417 g/mol. The summed E-state index contributed by atoms with van der Waals surface area (Å²) in [5, 5.41) is 7.04. The maximum atomic E-state index is 13.2. The van der Waals surface area contributed by atoms with E-state index in [-0.39, 0.29) is 11.6 Å². The second kappa shape index (κ2) is 7.42. The Labute approximate surface area is 171 Å². The molecule has 1 aliphatic carbocycles. The van der Waals surface area contributed by atoms with E-state index in [1.165, 1.54) is 30.2 Å². The Morgan fingerprint density at radius 1 is 1.07 bits per heavy atom. The highest BCUT2D eigenvalue weighted by Gasteiger charge is 2.34. The summed E-state index contributed by atoms with van der Waals surface area (Å²) in [6.07, 6.45) is -0.659. The summed E-state index contributed by atoms with van der Waals surface area (Å²) in [5.41, 5.74) is 0.725. The van der Waals surface area contributed by atoms with Crippen molar-refractivity contribution in [2.45, 2.75) is 19.0 Å². The smallest absolute Gasteiger partial charge is 0.369 e. The molecule has 2 fully saturated rings. The maximum Gasteiger partial charge on any atom is 0.433 e. The number of nitrogens with one attached hydrogen (secondary N) is 1. The van der Waals surface area contributed by atoms with Gasteiger partial charge in [-0.1, -0.05) is 6.07 Å². The molecule has 0 bridgehead atoms. The largest absolute Gasteiger partial charge is 0.433 e. The van der Waals surface area contributed by atoms with Crippen molar-refractivity contribution in [1.29, 1.82) is 0 Å². The van der Waals surface area contributed by atoms with Crippen LogP contribution in [0, 0.1) is 5.92 Å². The average Bonchev–Trinajstić information content (AvgIpc) is 3.40. The van der Waals surface area contributed by atoms with Gasteiger partial charge in [-0.2, -0.15) is 27.8 Å². The fourth-order valence-corrected chi connectivity index (χ4v) is 3.83. The van der Waals surface area contributed by atoms with Gasteiger partial charge in [-0.3, -0.25) is 4.90 Å². The number of hydrogen-bond acceptors (Lipinski definition) is 6. The molecule has 0 spiro atoms. The third kappa shape index (κ3) is 4.04. The molecule has 1 N–H and O–H groups in total. The van der Waals surface area contributed by atoms with Gasteiger partial charge in [0.25, 0.3) is 5.78 Å². The SMILES string of the molecule is FC(F)(F)c1cc(Nc2cccc(N3CCN(CC4CC4)CC3)c2)n2ncnc2n1. The molecule has 3 aromatic rings. The molecule has 2 aliphatic rings. The molecule has 1 aliphatic heterocycles. The van der Waals surface area contributed by atoms with Gasteiger partial charge in [-0.15, -0.1) is 0 Å². The van der Waals surface area contributed by atoms with E-state index in [9.17, 15) is 13.2 Å². The summed E-state index contributed by atoms with van der Waals surface area (Å²) in [6, 6.07) is 8.65. The zero-order valence-electron chi connectivity index (χ0n) is 16.3. The molecule has 7 nitrogen and oxygen atoms in total. The quantitative estimate of drug-likeness (QED) is 0.687. The molecular formula is C20H22F3N7. The van der Waals surface area contributed by atoms with Crippen LogP contribution in [-0.4, -0.2) is 57.2 Å². The van der Waals surface area contributed by atoms with Gasteiger partial charge in [0.15, 0.2) is 5.69 Å². The summed E-state index contributed by atoms with van der Waals surface area (Å²) in [6.45, 7) is 5.15. The van der Waals surface area contributed by atoms with E-state index in [1.807, 2.05) is 24.3 Å². The number of fused-ring (bicyclic) bond motifs is 1. The Balaban J connectivity index is 1.34. The Bertz CT molecular complexity index is 1040. The molecule has 1 aromatic carbocycles. The number of benzene rings is 1. The van der Waals surface area contributed by atoms with Crippen LogP contribution in [0.25, 0.3) is 5.78 Å². The molecule has 0 amide bonds. The third-order valence-electron chi connectivity index (χ3n) is 5.61. The number of alkyl halides is 3. The molecule has 2 aromatic heterocycles. The van der Waals surface area contributed by atoms with Crippen molar-refractivity contribution in [3.63, 3.8) is 0 Å². The summed E-state index contributed by atoms with van der Waals surface area (Å²) in [7, 11) is 0. The molecule has 0 atom stereocenters. The number of nitrogens with zero attached hydrogens (tertiary/aromatic N) is 6. The molecule has 30 heavy (non-hydrogen) atoms. The summed E-state index contributed by atoms with van der Waals surface area (Å²) >= 11 is 0. The van der Waals surface area contributed by atoms with E-state index >= 15 is 0 Å². The maximum absolute atomic E-state index is 13.2. The molecule has 5 rings (SSSR count). The van der Waals surface area contributed by atoms with Gasteiger partial charge >= 0.3 is 6.18 Å². The fraction of sp³-hybridized carbons (Fsp3) is 0.450. The number of aromatic nitrogens is 4. The van der Waals surface area contributed by atoms with Crippen molar-refractivity contribution < 1.29 is 13.2 Å². The number of rotatable bonds is 5. The van der Waals surface area contributed by atoms with Gasteiger partial charge in [0.2, 0.25) is 0 Å². The second-order valence-electron chi connectivity index (χ2n) is 7.90. The molecule has 10 heteroatoms. The lowest BCUT2D eigenvalue weighted by atomic mass is 10.2. The van der Waals surface area contributed by atoms with Crippen LogP contribution in [0.15, 0.2) is 36.7 Å². The highest BCUT2D eigenvalue weighted by atomic mass is 19.4. The number of piperazine rings is 1. The predicted octanol–water partition coefficient (Wildman–Crippen LogP) is 3.42. The predicted molar refractivity (Wildman–Crippen MR) is 107 cm³/mol. The first-order chi connectivity index (χ1) is 14.5. The highest BCUT2D eigenvalue weighted by molar-refractivity contribution is 5.64. The van der Waals surface area contributed by atoms with Gasteiger partial charge in [0.05, 0.1) is 0 Å². The lowest BCUT2D eigenvalue weighted by Crippen LogP contribution is -2.47. The highest BCUT2D eigenvalue weighted by Crippen LogP contribution is 2.32. The van der Waals surface area contributed by atoms with Crippen LogP contribution in [-0.2, 0) is 6.18 Å². The van der Waals surface area contributed by atoms with Crippen LogP contribution >= 0.6 is 0 Å². The molecule has 1 saturated carbocycles. The minimum absolute atomic E-state index is 0.102. The van der Waals surface area contributed by atoms with Crippen LogP contribution in [0.3, 0.4) is 0 Å². The van der Waals surface area contributed by atoms with Crippen molar-refractivity contribution in [3.8, 4) is 0 Å². The molecule has 1 saturated heterocycles. The Morgan fingerprint density at radius 2 is 1.87 bits per heavy atom. The monoisotopic (exact) mass is 417 g/mol. The lowest BCUT2D eigenvalue weighted by Gasteiger charge is -2.36. The van der Waals surface area contributed by atoms with Crippen LogP contribution in [0.2, 0.25) is 0 Å². The van der Waals surface area contributed by atoms with E-state index in [2.05, 4.69) is 30.2 Å². The summed E-state index contributed by atoms with van der Waals surface area (Å²) < 4.78 is 40.9. The minimum atomic E-state index is -4.56. The first-order valence-electron chi connectivity index (χ1n) is 10.1. The Hall–Kier alpha value is -2.88. The van der Waals surface area contributed by atoms with E-state index in [1.54, 1.807) is 0 Å². The number of halogens is 3. The minimum Gasteiger partial charge on any atom is -0.369 e. The van der Waals surface area contributed by atoms with Gasteiger partial charge < -0.3 is 10.2 Å². The number of hydrogen-bond donors (Lipinski definition) is 1. The van der Waals surface area contributed by atoms with Crippen molar-refractivity contribution >= 4 is 23.0 Å². The van der Waals surface area contributed by atoms with Gasteiger partial charge in [-0.25, -0.2) is 4.98 Å². The normalized spacial score (nSPS) is 18.2. The standard InChI is InChI=1S/C20H22F3N7/c21-20(22,23)17-11-18(30-19(27-17)24-13-25-30)26-15-2-1-3-16(10-15)29-8-6-28(7-9-29)12-14-4-5-14/h1-3,10-11,13-14,26H,4-9,12H2. The van der Waals surface area contributed by atoms with Crippen molar-refractivity contribution in [2.75, 3.05) is 42.9 Å². The topological polar surface area (TPSA) is 61.6 Å². The summed E-state index contributed by atoms with van der Waals surface area (Å²) in [4.78, 5) is 12.2. The van der Waals surface area contributed by atoms with Gasteiger partial charge in [0.1, 0.15) is 12.1 Å². The van der Waals surface area contributed by atoms with E-state index in [4.69, 9.17) is 0 Å². The van der Waals surface area contributed by atoms with Crippen LogP contribution in [0.4, 0.5) is 30.4 Å². The molecule has 3 heterocycles. The number of anilines is 3. The Kier molecular flexibility index (Phi) is 4.73. The molecular weight excluding hydrogens is 395 g/mol.